The maximum Gasteiger partial charge on any atom is 0.296 e. The summed E-state index contributed by atoms with van der Waals surface area (Å²) in [5.41, 5.74) is 1.41. The number of aryl methyl sites for hydroxylation is 1. The summed E-state index contributed by atoms with van der Waals surface area (Å²) in [6.07, 6.45) is 1.83. The van der Waals surface area contributed by atoms with Gasteiger partial charge >= 0.3 is 0 Å². The smallest absolute Gasteiger partial charge is 0.266 e. The maximum absolute atomic E-state index is 11.4. The fourth-order valence-electron chi connectivity index (χ4n) is 1.56. The average molecular weight is 306 g/mol. The largest absolute Gasteiger partial charge is 0.296 e. The van der Waals surface area contributed by atoms with E-state index in [0.717, 1.165) is 6.42 Å². The quantitative estimate of drug-likeness (QED) is 0.783. The molecule has 4 heteroatoms. The summed E-state index contributed by atoms with van der Waals surface area (Å²) >= 11 is 0. The minimum Gasteiger partial charge on any atom is -0.266 e. The van der Waals surface area contributed by atoms with Crippen molar-refractivity contribution < 1.29 is 12.6 Å². The van der Waals surface area contributed by atoms with E-state index in [1.54, 1.807) is 18.2 Å². The molecule has 0 spiro atoms. The van der Waals surface area contributed by atoms with Gasteiger partial charge in [0.05, 0.1) is 11.5 Å². The Bertz CT molecular complexity index is 592. The van der Waals surface area contributed by atoms with Gasteiger partial charge in [-0.2, -0.15) is 8.42 Å². The third-order valence-electron chi connectivity index (χ3n) is 2.73. The Balaban J connectivity index is 0.000000235. The van der Waals surface area contributed by atoms with E-state index in [2.05, 4.69) is 31.2 Å². The number of hydrogen-bond donors (Lipinski definition) is 0. The van der Waals surface area contributed by atoms with Crippen molar-refractivity contribution in [1.29, 1.82) is 0 Å². The molecule has 0 saturated heterocycles. The van der Waals surface area contributed by atoms with Gasteiger partial charge in [-0.15, -0.1) is 0 Å². The van der Waals surface area contributed by atoms with E-state index in [9.17, 15) is 8.42 Å². The SMILES string of the molecule is CCCOS(=O)(=O)c1ccccc1.CCc1ccccc1. The van der Waals surface area contributed by atoms with Crippen molar-refractivity contribution in [3.63, 3.8) is 0 Å². The molecule has 0 atom stereocenters. The number of benzene rings is 2. The van der Waals surface area contributed by atoms with Crippen LogP contribution in [0.2, 0.25) is 0 Å². The Morgan fingerprint density at radius 2 is 1.38 bits per heavy atom. The molecule has 0 fully saturated rings. The van der Waals surface area contributed by atoms with Crippen molar-refractivity contribution >= 4 is 10.1 Å². The molecule has 0 aliphatic carbocycles. The Labute approximate surface area is 127 Å². The maximum atomic E-state index is 11.4. The standard InChI is InChI=1S/C9H12O3S.C8H10/c1-2-8-12-13(10,11)9-6-4-3-5-7-9;1-2-8-6-4-3-5-7-8/h3-7H,2,8H2,1H3;3-7H,2H2,1H3. The van der Waals surface area contributed by atoms with Crippen LogP contribution in [0.15, 0.2) is 65.6 Å². The molecule has 3 nitrogen and oxygen atoms in total. The molecule has 0 bridgehead atoms. The normalized spacial score (nSPS) is 10.6. The summed E-state index contributed by atoms with van der Waals surface area (Å²) < 4.78 is 27.5. The Morgan fingerprint density at radius 3 is 1.81 bits per heavy atom. The van der Waals surface area contributed by atoms with Gasteiger partial charge in [0, 0.05) is 0 Å². The van der Waals surface area contributed by atoms with Gasteiger partial charge in [0.15, 0.2) is 0 Å². The van der Waals surface area contributed by atoms with Crippen LogP contribution >= 0.6 is 0 Å². The van der Waals surface area contributed by atoms with Crippen LogP contribution in [0.5, 0.6) is 0 Å². The van der Waals surface area contributed by atoms with Gasteiger partial charge < -0.3 is 0 Å². The summed E-state index contributed by atoms with van der Waals surface area (Å²) in [5, 5.41) is 0. The molecule has 2 aromatic carbocycles. The fourth-order valence-corrected chi connectivity index (χ4v) is 2.57. The van der Waals surface area contributed by atoms with E-state index in [4.69, 9.17) is 4.18 Å². The Kier molecular flexibility index (Phi) is 7.72. The molecule has 0 radical (unpaired) electrons. The van der Waals surface area contributed by atoms with Crippen molar-refractivity contribution in [2.24, 2.45) is 0 Å². The minimum atomic E-state index is -3.52. The van der Waals surface area contributed by atoms with Crippen LogP contribution < -0.4 is 0 Å². The molecule has 0 heterocycles. The first-order valence-corrected chi connectivity index (χ1v) is 8.49. The van der Waals surface area contributed by atoms with Gasteiger partial charge in [0.1, 0.15) is 0 Å². The molecule has 0 amide bonds. The second kappa shape index (κ2) is 9.32. The lowest BCUT2D eigenvalue weighted by Gasteiger charge is -2.02. The van der Waals surface area contributed by atoms with Crippen LogP contribution in [0.25, 0.3) is 0 Å². The lowest BCUT2D eigenvalue weighted by Crippen LogP contribution is -2.06. The topological polar surface area (TPSA) is 43.4 Å². The van der Waals surface area contributed by atoms with Crippen LogP contribution in [-0.4, -0.2) is 15.0 Å². The number of hydrogen-bond acceptors (Lipinski definition) is 3. The fraction of sp³-hybridized carbons (Fsp3) is 0.294. The van der Waals surface area contributed by atoms with Crippen molar-refractivity contribution in [3.05, 3.63) is 66.2 Å². The first kappa shape index (κ1) is 17.4. The van der Waals surface area contributed by atoms with E-state index >= 15 is 0 Å². The molecule has 0 aliphatic rings. The van der Waals surface area contributed by atoms with E-state index < -0.39 is 10.1 Å². The van der Waals surface area contributed by atoms with Crippen LogP contribution in [0.4, 0.5) is 0 Å². The summed E-state index contributed by atoms with van der Waals surface area (Å²) in [7, 11) is -3.52. The molecular weight excluding hydrogens is 284 g/mol. The second-order valence-corrected chi connectivity index (χ2v) is 6.04. The summed E-state index contributed by atoms with van der Waals surface area (Å²) in [6.45, 7) is 4.26. The molecule has 21 heavy (non-hydrogen) atoms. The van der Waals surface area contributed by atoms with Gasteiger partial charge in [-0.3, -0.25) is 4.18 Å². The molecule has 0 aliphatic heterocycles. The highest BCUT2D eigenvalue weighted by atomic mass is 32.2. The Morgan fingerprint density at radius 1 is 0.857 bits per heavy atom. The van der Waals surface area contributed by atoms with Gasteiger partial charge in [-0.05, 0) is 30.5 Å². The highest BCUT2D eigenvalue weighted by molar-refractivity contribution is 7.86. The van der Waals surface area contributed by atoms with Gasteiger partial charge in [-0.1, -0.05) is 62.4 Å². The predicted octanol–water partition coefficient (Wildman–Crippen LogP) is 4.05. The lowest BCUT2D eigenvalue weighted by molar-refractivity contribution is 0.318. The third kappa shape index (κ3) is 6.56. The van der Waals surface area contributed by atoms with Crippen LogP contribution in [0.3, 0.4) is 0 Å². The van der Waals surface area contributed by atoms with Gasteiger partial charge in [-0.25, -0.2) is 0 Å². The molecule has 0 aromatic heterocycles. The highest BCUT2D eigenvalue weighted by Crippen LogP contribution is 2.10. The van der Waals surface area contributed by atoms with E-state index in [1.165, 1.54) is 17.7 Å². The van der Waals surface area contributed by atoms with Gasteiger partial charge in [0.25, 0.3) is 10.1 Å². The molecule has 0 N–H and O–H groups in total. The third-order valence-corrected chi connectivity index (χ3v) is 4.05. The molecule has 114 valence electrons. The highest BCUT2D eigenvalue weighted by Gasteiger charge is 2.12. The zero-order valence-electron chi connectivity index (χ0n) is 12.5. The summed E-state index contributed by atoms with van der Waals surface area (Å²) in [5.74, 6) is 0. The average Bonchev–Trinajstić information content (AvgIpc) is 2.55. The van der Waals surface area contributed by atoms with Crippen LogP contribution in [0, 0.1) is 0 Å². The van der Waals surface area contributed by atoms with Crippen LogP contribution in [0.1, 0.15) is 25.8 Å². The molecular formula is C17H22O3S. The van der Waals surface area contributed by atoms with Crippen molar-refractivity contribution in [2.45, 2.75) is 31.6 Å². The molecule has 0 unspecified atom stereocenters. The predicted molar refractivity (Wildman–Crippen MR) is 85.7 cm³/mol. The lowest BCUT2D eigenvalue weighted by atomic mass is 10.2. The minimum absolute atomic E-state index is 0.212. The number of rotatable bonds is 5. The zero-order valence-corrected chi connectivity index (χ0v) is 13.3. The molecule has 2 aromatic rings. The van der Waals surface area contributed by atoms with Crippen molar-refractivity contribution in [3.8, 4) is 0 Å². The first-order valence-electron chi connectivity index (χ1n) is 7.08. The summed E-state index contributed by atoms with van der Waals surface area (Å²) in [4.78, 5) is 0.212. The molecule has 0 saturated carbocycles. The van der Waals surface area contributed by atoms with E-state index in [0.29, 0.717) is 6.42 Å². The van der Waals surface area contributed by atoms with Gasteiger partial charge in [0.2, 0.25) is 0 Å². The second-order valence-electron chi connectivity index (χ2n) is 4.43. The summed E-state index contributed by atoms with van der Waals surface area (Å²) in [6, 6.07) is 18.6. The van der Waals surface area contributed by atoms with Crippen molar-refractivity contribution in [2.75, 3.05) is 6.61 Å². The Hall–Kier alpha value is -1.65. The molecule has 2 rings (SSSR count). The van der Waals surface area contributed by atoms with E-state index in [-0.39, 0.29) is 11.5 Å². The van der Waals surface area contributed by atoms with E-state index in [1.807, 2.05) is 13.0 Å². The monoisotopic (exact) mass is 306 g/mol. The van der Waals surface area contributed by atoms with Crippen molar-refractivity contribution in [1.82, 2.24) is 0 Å². The zero-order chi connectivity index (χ0) is 15.6. The first-order chi connectivity index (χ1) is 10.1. The van der Waals surface area contributed by atoms with Crippen LogP contribution in [-0.2, 0) is 20.7 Å².